The Kier molecular flexibility index (Phi) is 1.73. The van der Waals surface area contributed by atoms with E-state index in [1.165, 1.54) is 18.4 Å². The lowest BCUT2D eigenvalue weighted by Gasteiger charge is -2.09. The van der Waals surface area contributed by atoms with Gasteiger partial charge in [0.05, 0.1) is 11.5 Å². The minimum Gasteiger partial charge on any atom is -0.391 e. The Morgan fingerprint density at radius 2 is 2.18 bits per heavy atom. The molecule has 0 heterocycles. The first kappa shape index (κ1) is 7.63. The third-order valence-corrected chi connectivity index (χ3v) is 2.82. The molecule has 1 N–H and O–H groups in total. The first-order valence-electron chi connectivity index (χ1n) is 4.23. The average molecular weight is 173 g/mol. The van der Waals surface area contributed by atoms with Crippen molar-refractivity contribution in [1.82, 2.24) is 0 Å². The van der Waals surface area contributed by atoms with E-state index in [1.54, 1.807) is 5.57 Å². The summed E-state index contributed by atoms with van der Waals surface area (Å²) < 4.78 is 0. The number of alkyl halides is 1. The van der Waals surface area contributed by atoms with Gasteiger partial charge in [-0.05, 0) is 26.2 Å². The number of hydrogen-bond donors (Lipinski definition) is 1. The van der Waals surface area contributed by atoms with Gasteiger partial charge >= 0.3 is 0 Å². The maximum absolute atomic E-state index is 9.55. The SMILES string of the molecule is CC(Cl)C(O)C1CC1=C1CC1. The average Bonchev–Trinajstić information content (AvgIpc) is 2.79. The van der Waals surface area contributed by atoms with E-state index in [0.29, 0.717) is 5.92 Å². The van der Waals surface area contributed by atoms with Gasteiger partial charge in [0.25, 0.3) is 0 Å². The van der Waals surface area contributed by atoms with Crippen LogP contribution in [0.1, 0.15) is 26.2 Å². The molecule has 0 aromatic rings. The Morgan fingerprint density at radius 3 is 2.64 bits per heavy atom. The van der Waals surface area contributed by atoms with Crippen LogP contribution in [0.4, 0.5) is 0 Å². The number of allylic oxidation sites excluding steroid dienone is 1. The number of rotatable bonds is 2. The number of aliphatic hydroxyl groups excluding tert-OH is 1. The van der Waals surface area contributed by atoms with Crippen LogP contribution >= 0.6 is 11.6 Å². The zero-order valence-corrected chi connectivity index (χ0v) is 7.43. The molecule has 11 heavy (non-hydrogen) atoms. The van der Waals surface area contributed by atoms with Gasteiger partial charge in [0.15, 0.2) is 0 Å². The molecule has 2 rings (SSSR count). The third kappa shape index (κ3) is 1.45. The molecule has 2 saturated carbocycles. The van der Waals surface area contributed by atoms with Crippen LogP contribution in [-0.4, -0.2) is 16.6 Å². The molecule has 0 bridgehead atoms. The highest BCUT2D eigenvalue weighted by molar-refractivity contribution is 6.20. The van der Waals surface area contributed by atoms with Crippen molar-refractivity contribution in [2.24, 2.45) is 5.92 Å². The maximum atomic E-state index is 9.55. The van der Waals surface area contributed by atoms with Crippen molar-refractivity contribution in [3.05, 3.63) is 11.1 Å². The van der Waals surface area contributed by atoms with Crippen LogP contribution in [0.15, 0.2) is 11.1 Å². The van der Waals surface area contributed by atoms with Gasteiger partial charge in [-0.3, -0.25) is 0 Å². The van der Waals surface area contributed by atoms with Gasteiger partial charge in [0, 0.05) is 5.92 Å². The molecule has 3 atom stereocenters. The molecular formula is C9H13ClO. The van der Waals surface area contributed by atoms with Crippen LogP contribution in [0.25, 0.3) is 0 Å². The fraction of sp³-hybridized carbons (Fsp3) is 0.778. The standard InChI is InChI=1S/C9H13ClO/c1-5(10)9(11)8-4-7(8)6-2-3-6/h5,8-9,11H,2-4H2,1H3. The highest BCUT2D eigenvalue weighted by Gasteiger charge is 2.42. The molecule has 0 aromatic carbocycles. The zero-order chi connectivity index (χ0) is 8.01. The Hall–Kier alpha value is -0.0100. The molecule has 2 fully saturated rings. The molecule has 0 aromatic heterocycles. The fourth-order valence-corrected chi connectivity index (χ4v) is 1.79. The molecule has 0 radical (unpaired) electrons. The summed E-state index contributed by atoms with van der Waals surface area (Å²) in [5, 5.41) is 9.45. The molecule has 0 spiro atoms. The monoisotopic (exact) mass is 172 g/mol. The number of halogens is 1. The molecule has 62 valence electrons. The second-order valence-corrected chi connectivity index (χ2v) is 4.30. The van der Waals surface area contributed by atoms with E-state index >= 15 is 0 Å². The van der Waals surface area contributed by atoms with Gasteiger partial charge < -0.3 is 5.11 Å². The van der Waals surface area contributed by atoms with Crippen LogP contribution in [0.2, 0.25) is 0 Å². The zero-order valence-electron chi connectivity index (χ0n) is 6.68. The van der Waals surface area contributed by atoms with Crippen LogP contribution in [0.5, 0.6) is 0 Å². The van der Waals surface area contributed by atoms with E-state index in [4.69, 9.17) is 11.6 Å². The van der Waals surface area contributed by atoms with Crippen LogP contribution in [-0.2, 0) is 0 Å². The quantitative estimate of drug-likeness (QED) is 0.500. The van der Waals surface area contributed by atoms with Gasteiger partial charge in [-0.1, -0.05) is 11.1 Å². The van der Waals surface area contributed by atoms with Crippen LogP contribution < -0.4 is 0 Å². The van der Waals surface area contributed by atoms with Gasteiger partial charge in [0.1, 0.15) is 0 Å². The lowest BCUT2D eigenvalue weighted by molar-refractivity contribution is 0.155. The third-order valence-electron chi connectivity index (χ3n) is 2.56. The van der Waals surface area contributed by atoms with Crippen molar-refractivity contribution in [2.75, 3.05) is 0 Å². The summed E-state index contributed by atoms with van der Waals surface area (Å²) in [6.45, 7) is 1.86. The molecule has 0 saturated heterocycles. The number of aliphatic hydroxyl groups is 1. The van der Waals surface area contributed by atoms with Crippen molar-refractivity contribution in [3.8, 4) is 0 Å². The van der Waals surface area contributed by atoms with Gasteiger partial charge in [0.2, 0.25) is 0 Å². The maximum Gasteiger partial charge on any atom is 0.0769 e. The second kappa shape index (κ2) is 2.49. The van der Waals surface area contributed by atoms with Crippen molar-refractivity contribution in [1.29, 1.82) is 0 Å². The molecule has 1 nitrogen and oxygen atoms in total. The molecule has 2 aliphatic rings. The molecule has 0 amide bonds. The van der Waals surface area contributed by atoms with Crippen LogP contribution in [0.3, 0.4) is 0 Å². The summed E-state index contributed by atoms with van der Waals surface area (Å²) in [6, 6.07) is 0. The fourth-order valence-electron chi connectivity index (χ4n) is 1.62. The molecule has 0 aliphatic heterocycles. The summed E-state index contributed by atoms with van der Waals surface area (Å²) in [6.07, 6.45) is 3.35. The van der Waals surface area contributed by atoms with Crippen molar-refractivity contribution in [3.63, 3.8) is 0 Å². The van der Waals surface area contributed by atoms with Crippen molar-refractivity contribution in [2.45, 2.75) is 37.7 Å². The van der Waals surface area contributed by atoms with Crippen LogP contribution in [0, 0.1) is 5.92 Å². The van der Waals surface area contributed by atoms with E-state index < -0.39 is 0 Å². The van der Waals surface area contributed by atoms with E-state index in [2.05, 4.69) is 0 Å². The Bertz CT molecular complexity index is 202. The summed E-state index contributed by atoms with van der Waals surface area (Å²) in [4.78, 5) is 0. The first-order valence-corrected chi connectivity index (χ1v) is 4.66. The van der Waals surface area contributed by atoms with Crippen molar-refractivity contribution >= 4 is 11.6 Å². The summed E-state index contributed by atoms with van der Waals surface area (Å²) in [5.74, 6) is 0.417. The predicted molar refractivity (Wildman–Crippen MR) is 45.7 cm³/mol. The lowest BCUT2D eigenvalue weighted by atomic mass is 10.1. The van der Waals surface area contributed by atoms with Gasteiger partial charge in [-0.2, -0.15) is 0 Å². The predicted octanol–water partition coefficient (Wildman–Crippen LogP) is 2.08. The smallest absolute Gasteiger partial charge is 0.0769 e. The van der Waals surface area contributed by atoms with E-state index in [0.717, 1.165) is 6.42 Å². The highest BCUT2D eigenvalue weighted by Crippen LogP contribution is 2.50. The topological polar surface area (TPSA) is 20.2 Å². The lowest BCUT2D eigenvalue weighted by Crippen LogP contribution is -2.19. The molecular weight excluding hydrogens is 160 g/mol. The normalized spacial score (nSPS) is 33.5. The first-order chi connectivity index (χ1) is 5.20. The highest BCUT2D eigenvalue weighted by atomic mass is 35.5. The Morgan fingerprint density at radius 1 is 1.55 bits per heavy atom. The minimum absolute atomic E-state index is 0.100. The van der Waals surface area contributed by atoms with Crippen molar-refractivity contribution < 1.29 is 5.11 Å². The van der Waals surface area contributed by atoms with Gasteiger partial charge in [-0.25, -0.2) is 0 Å². The molecule has 2 aliphatic carbocycles. The Labute approximate surface area is 72.1 Å². The summed E-state index contributed by atoms with van der Waals surface area (Å²) in [5.41, 5.74) is 3.09. The summed E-state index contributed by atoms with van der Waals surface area (Å²) >= 11 is 5.78. The largest absolute Gasteiger partial charge is 0.391 e. The second-order valence-electron chi connectivity index (χ2n) is 3.61. The summed E-state index contributed by atoms with van der Waals surface area (Å²) in [7, 11) is 0. The van der Waals surface area contributed by atoms with E-state index in [9.17, 15) is 5.11 Å². The van der Waals surface area contributed by atoms with Gasteiger partial charge in [-0.15, -0.1) is 11.6 Å². The molecule has 2 heteroatoms. The minimum atomic E-state index is -0.306. The number of hydrogen-bond acceptors (Lipinski definition) is 1. The molecule has 3 unspecified atom stereocenters. The Balaban J connectivity index is 1.95. The van der Waals surface area contributed by atoms with E-state index in [1.807, 2.05) is 6.92 Å². The van der Waals surface area contributed by atoms with E-state index in [-0.39, 0.29) is 11.5 Å².